The molecule has 0 saturated carbocycles. The SMILES string of the molecule is CCOC(O)C[C@@H](c1ccc(C)c(CO)c1)c1ccc2c(nnn2CC)c1C. The zero-order chi connectivity index (χ0) is 20.3. The van der Waals surface area contributed by atoms with Crippen LogP contribution in [0.3, 0.4) is 0 Å². The quantitative estimate of drug-likeness (QED) is 0.583. The fourth-order valence-electron chi connectivity index (χ4n) is 3.78. The van der Waals surface area contributed by atoms with Crippen LogP contribution >= 0.6 is 0 Å². The molecular formula is C22H29N3O3. The molecule has 2 aromatic carbocycles. The van der Waals surface area contributed by atoms with Crippen LogP contribution in [-0.4, -0.2) is 38.1 Å². The average Bonchev–Trinajstić information content (AvgIpc) is 3.11. The molecular weight excluding hydrogens is 354 g/mol. The maximum atomic E-state index is 10.4. The van der Waals surface area contributed by atoms with Gasteiger partial charge in [0.1, 0.15) is 5.52 Å². The van der Waals surface area contributed by atoms with E-state index < -0.39 is 6.29 Å². The minimum atomic E-state index is -0.865. The van der Waals surface area contributed by atoms with Crippen LogP contribution < -0.4 is 0 Å². The van der Waals surface area contributed by atoms with Crippen LogP contribution in [0.1, 0.15) is 54.0 Å². The predicted molar refractivity (Wildman–Crippen MR) is 109 cm³/mol. The Kier molecular flexibility index (Phi) is 6.44. The van der Waals surface area contributed by atoms with Crippen molar-refractivity contribution >= 4 is 11.0 Å². The van der Waals surface area contributed by atoms with Gasteiger partial charge in [-0.15, -0.1) is 5.10 Å². The van der Waals surface area contributed by atoms with Crippen molar-refractivity contribution < 1.29 is 14.9 Å². The van der Waals surface area contributed by atoms with E-state index in [1.807, 2.05) is 50.6 Å². The molecule has 0 aliphatic carbocycles. The number of aryl methyl sites for hydroxylation is 3. The Labute approximate surface area is 165 Å². The Bertz CT molecular complexity index is 952. The Hall–Kier alpha value is -2.28. The summed E-state index contributed by atoms with van der Waals surface area (Å²) in [4.78, 5) is 0. The van der Waals surface area contributed by atoms with Crippen LogP contribution in [0.15, 0.2) is 30.3 Å². The molecule has 0 bridgehead atoms. The van der Waals surface area contributed by atoms with E-state index in [1.165, 1.54) is 0 Å². The lowest BCUT2D eigenvalue weighted by Crippen LogP contribution is -2.18. The number of rotatable bonds is 8. The Morgan fingerprint density at radius 3 is 2.61 bits per heavy atom. The standard InChI is InChI=1S/C22H29N3O3/c1-5-25-20-10-9-18(15(4)22(20)23-24-25)19(12-21(27)28-6-2)16-8-7-14(3)17(11-16)13-26/h7-11,19,21,26-27H,5-6,12-13H2,1-4H3/t19-,21?/m0/s1. The van der Waals surface area contributed by atoms with Crippen LogP contribution in [0.5, 0.6) is 0 Å². The summed E-state index contributed by atoms with van der Waals surface area (Å²) in [6.07, 6.45) is -0.439. The predicted octanol–water partition coefficient (Wildman–Crippen LogP) is 3.44. The molecule has 3 rings (SSSR count). The Morgan fingerprint density at radius 1 is 1.14 bits per heavy atom. The third-order valence-electron chi connectivity index (χ3n) is 5.40. The van der Waals surface area contributed by atoms with Gasteiger partial charge >= 0.3 is 0 Å². The summed E-state index contributed by atoms with van der Waals surface area (Å²) in [7, 11) is 0. The molecule has 1 aromatic heterocycles. The largest absolute Gasteiger partial charge is 0.392 e. The summed E-state index contributed by atoms with van der Waals surface area (Å²) in [5, 5.41) is 28.7. The molecule has 1 unspecified atom stereocenters. The molecule has 6 nitrogen and oxygen atoms in total. The molecule has 0 fully saturated rings. The third-order valence-corrected chi connectivity index (χ3v) is 5.40. The Balaban J connectivity index is 2.11. The van der Waals surface area contributed by atoms with Crippen LogP contribution in [0.2, 0.25) is 0 Å². The molecule has 0 spiro atoms. The van der Waals surface area contributed by atoms with Crippen LogP contribution in [0.25, 0.3) is 11.0 Å². The van der Waals surface area contributed by atoms with Gasteiger partial charge in [-0.05, 0) is 61.6 Å². The van der Waals surface area contributed by atoms with Gasteiger partial charge < -0.3 is 14.9 Å². The molecule has 0 saturated heterocycles. The average molecular weight is 383 g/mol. The molecule has 0 aliphatic rings. The fraction of sp³-hybridized carbons (Fsp3) is 0.455. The number of aliphatic hydroxyl groups is 2. The van der Waals surface area contributed by atoms with Gasteiger partial charge in [0.15, 0.2) is 6.29 Å². The van der Waals surface area contributed by atoms with E-state index >= 15 is 0 Å². The summed E-state index contributed by atoms with van der Waals surface area (Å²) in [5.41, 5.74) is 7.01. The molecule has 2 atom stereocenters. The van der Waals surface area contributed by atoms with Crippen molar-refractivity contribution in [3.63, 3.8) is 0 Å². The number of benzene rings is 2. The smallest absolute Gasteiger partial charge is 0.155 e. The molecule has 2 N–H and O–H groups in total. The van der Waals surface area contributed by atoms with E-state index in [0.717, 1.165) is 45.4 Å². The van der Waals surface area contributed by atoms with Crippen molar-refractivity contribution in [2.75, 3.05) is 6.61 Å². The number of aliphatic hydroxyl groups excluding tert-OH is 2. The van der Waals surface area contributed by atoms with Gasteiger partial charge in [0.2, 0.25) is 0 Å². The zero-order valence-corrected chi connectivity index (χ0v) is 17.0. The summed E-state index contributed by atoms with van der Waals surface area (Å²) in [5.74, 6) is -0.0800. The number of aromatic nitrogens is 3. The van der Waals surface area contributed by atoms with E-state index in [9.17, 15) is 10.2 Å². The topological polar surface area (TPSA) is 80.4 Å². The van der Waals surface area contributed by atoms with Gasteiger partial charge in [0.25, 0.3) is 0 Å². The molecule has 3 aromatic rings. The van der Waals surface area contributed by atoms with Gasteiger partial charge in [-0.25, -0.2) is 4.68 Å². The molecule has 1 heterocycles. The Morgan fingerprint density at radius 2 is 1.93 bits per heavy atom. The molecule has 150 valence electrons. The monoisotopic (exact) mass is 383 g/mol. The summed E-state index contributed by atoms with van der Waals surface area (Å²) < 4.78 is 7.30. The first-order chi connectivity index (χ1) is 13.5. The molecule has 0 amide bonds. The first-order valence-electron chi connectivity index (χ1n) is 9.82. The van der Waals surface area contributed by atoms with Crippen molar-refractivity contribution in [3.05, 3.63) is 58.1 Å². The van der Waals surface area contributed by atoms with Gasteiger partial charge in [-0.3, -0.25) is 0 Å². The van der Waals surface area contributed by atoms with E-state index in [0.29, 0.717) is 13.0 Å². The highest BCUT2D eigenvalue weighted by molar-refractivity contribution is 5.79. The highest BCUT2D eigenvalue weighted by atomic mass is 16.6. The minimum absolute atomic E-state index is 0.0107. The van der Waals surface area contributed by atoms with Gasteiger partial charge in [-0.2, -0.15) is 0 Å². The van der Waals surface area contributed by atoms with E-state index in [4.69, 9.17) is 4.74 Å². The van der Waals surface area contributed by atoms with Crippen molar-refractivity contribution in [1.29, 1.82) is 0 Å². The van der Waals surface area contributed by atoms with Crippen LogP contribution in [0, 0.1) is 13.8 Å². The van der Waals surface area contributed by atoms with Crippen molar-refractivity contribution in [2.24, 2.45) is 0 Å². The van der Waals surface area contributed by atoms with Crippen molar-refractivity contribution in [1.82, 2.24) is 15.0 Å². The normalized spacial score (nSPS) is 13.8. The van der Waals surface area contributed by atoms with Crippen LogP contribution in [0.4, 0.5) is 0 Å². The number of ether oxygens (including phenoxy) is 1. The third kappa shape index (κ3) is 3.94. The number of hydrogen-bond acceptors (Lipinski definition) is 5. The fourth-order valence-corrected chi connectivity index (χ4v) is 3.78. The lowest BCUT2D eigenvalue weighted by Gasteiger charge is -2.24. The molecule has 28 heavy (non-hydrogen) atoms. The molecule has 6 heteroatoms. The zero-order valence-electron chi connectivity index (χ0n) is 17.0. The van der Waals surface area contributed by atoms with Crippen molar-refractivity contribution in [3.8, 4) is 0 Å². The molecule has 0 aliphatic heterocycles. The van der Waals surface area contributed by atoms with Gasteiger partial charge in [0, 0.05) is 25.5 Å². The summed E-state index contributed by atoms with van der Waals surface area (Å²) >= 11 is 0. The highest BCUT2D eigenvalue weighted by Gasteiger charge is 2.23. The minimum Gasteiger partial charge on any atom is -0.392 e. The van der Waals surface area contributed by atoms with E-state index in [2.05, 4.69) is 22.4 Å². The number of nitrogens with zero attached hydrogens (tertiary/aromatic N) is 3. The number of hydrogen-bond donors (Lipinski definition) is 2. The van der Waals surface area contributed by atoms with E-state index in [-0.39, 0.29) is 12.5 Å². The molecule has 0 radical (unpaired) electrons. The second kappa shape index (κ2) is 8.82. The first-order valence-corrected chi connectivity index (χ1v) is 9.82. The summed E-state index contributed by atoms with van der Waals surface area (Å²) in [6.45, 7) is 9.15. The first kappa shape index (κ1) is 20.5. The maximum Gasteiger partial charge on any atom is 0.155 e. The summed E-state index contributed by atoms with van der Waals surface area (Å²) in [6, 6.07) is 10.2. The second-order valence-corrected chi connectivity index (χ2v) is 7.10. The van der Waals surface area contributed by atoms with Crippen molar-refractivity contribution in [2.45, 2.75) is 59.5 Å². The van der Waals surface area contributed by atoms with Gasteiger partial charge in [0.05, 0.1) is 12.1 Å². The van der Waals surface area contributed by atoms with E-state index in [1.54, 1.807) is 0 Å². The highest BCUT2D eigenvalue weighted by Crippen LogP contribution is 2.35. The lowest BCUT2D eigenvalue weighted by atomic mass is 9.84. The maximum absolute atomic E-state index is 10.4. The second-order valence-electron chi connectivity index (χ2n) is 7.10. The lowest BCUT2D eigenvalue weighted by molar-refractivity contribution is -0.100. The van der Waals surface area contributed by atoms with Gasteiger partial charge in [-0.1, -0.05) is 29.5 Å². The number of fused-ring (bicyclic) bond motifs is 1. The van der Waals surface area contributed by atoms with Crippen LogP contribution in [-0.2, 0) is 17.9 Å².